The summed E-state index contributed by atoms with van der Waals surface area (Å²) in [6, 6.07) is -0.0865. The topological polar surface area (TPSA) is 135 Å². The Morgan fingerprint density at radius 3 is 2.17 bits per heavy atom. The molecule has 0 fully saturated rings. The summed E-state index contributed by atoms with van der Waals surface area (Å²) in [5.41, 5.74) is 4.30. The van der Waals surface area contributed by atoms with Crippen LogP contribution < -0.4 is 0 Å². The molecule has 1 atom stereocenters. The molecular weight excluding hydrogens is 462 g/mol. The first-order valence-electron chi connectivity index (χ1n) is 12.2. The van der Waals surface area contributed by atoms with Gasteiger partial charge in [0, 0.05) is 17.5 Å². The van der Waals surface area contributed by atoms with Gasteiger partial charge in [0.2, 0.25) is 0 Å². The Labute approximate surface area is 212 Å². The molecule has 1 aliphatic heterocycles. The number of carbonyl (C=O) groups is 3. The van der Waals surface area contributed by atoms with Gasteiger partial charge in [-0.1, -0.05) is 34.9 Å². The molecule has 1 heterocycles. The first-order valence-corrected chi connectivity index (χ1v) is 12.2. The largest absolute Gasteiger partial charge is 0.507 e. The fraction of sp³-hybridized carbons (Fsp3) is 0.464. The van der Waals surface area contributed by atoms with Crippen LogP contribution in [0, 0.1) is 0 Å². The number of phenolic OH excluding ortho intramolecular Hbond substituents is 2. The van der Waals surface area contributed by atoms with Gasteiger partial charge in [0.15, 0.2) is 0 Å². The van der Waals surface area contributed by atoms with Crippen LogP contribution in [0.25, 0.3) is 0 Å². The minimum atomic E-state index is -1.34. The number of carboxylic acid groups (broad SMARTS) is 2. The smallest absolute Gasteiger partial charge is 0.326 e. The van der Waals surface area contributed by atoms with E-state index in [9.17, 15) is 29.7 Å². The molecule has 0 bridgehead atoms. The normalized spacial score (nSPS) is 14.6. The average Bonchev–Trinajstić information content (AvgIpc) is 3.09. The van der Waals surface area contributed by atoms with E-state index in [2.05, 4.69) is 32.9 Å². The van der Waals surface area contributed by atoms with Crippen molar-refractivity contribution in [2.45, 2.75) is 85.2 Å². The average molecular weight is 500 g/mol. The number of hydrogen-bond acceptors (Lipinski definition) is 5. The Bertz CT molecular complexity index is 1090. The molecule has 1 aromatic carbocycles. The van der Waals surface area contributed by atoms with Gasteiger partial charge in [-0.15, -0.1) is 0 Å². The van der Waals surface area contributed by atoms with E-state index in [0.717, 1.165) is 36.2 Å². The molecule has 196 valence electrons. The number of hydrogen-bond donors (Lipinski definition) is 4. The number of benzene rings is 1. The molecular formula is C28H37NO7. The zero-order valence-electron chi connectivity index (χ0n) is 21.5. The SMILES string of the molecule is CC(C)=CCC/C(C)=C/CC/C(C)=C\Cc1c(O)cc2c(c1O)CN([C@@H](CCC(=O)O)C(=O)O)C2=O. The van der Waals surface area contributed by atoms with Gasteiger partial charge < -0.3 is 25.3 Å². The monoisotopic (exact) mass is 499 g/mol. The molecule has 0 aromatic heterocycles. The number of rotatable bonds is 13. The molecule has 8 heteroatoms. The molecule has 0 unspecified atom stereocenters. The lowest BCUT2D eigenvalue weighted by Crippen LogP contribution is -2.41. The Morgan fingerprint density at radius 1 is 0.972 bits per heavy atom. The Hall–Kier alpha value is -3.55. The third-order valence-electron chi connectivity index (χ3n) is 6.38. The van der Waals surface area contributed by atoms with E-state index in [1.54, 1.807) is 0 Å². The fourth-order valence-corrected chi connectivity index (χ4v) is 4.23. The van der Waals surface area contributed by atoms with E-state index in [1.165, 1.54) is 17.2 Å². The maximum absolute atomic E-state index is 12.8. The van der Waals surface area contributed by atoms with Crippen molar-refractivity contribution in [1.29, 1.82) is 0 Å². The van der Waals surface area contributed by atoms with Crippen LogP contribution in [0.3, 0.4) is 0 Å². The number of phenols is 2. The van der Waals surface area contributed by atoms with Crippen molar-refractivity contribution >= 4 is 17.8 Å². The highest BCUT2D eigenvalue weighted by Gasteiger charge is 2.39. The third-order valence-corrected chi connectivity index (χ3v) is 6.38. The molecule has 1 aliphatic rings. The van der Waals surface area contributed by atoms with E-state index < -0.39 is 30.3 Å². The second-order valence-corrected chi connectivity index (χ2v) is 9.63. The van der Waals surface area contributed by atoms with Gasteiger partial charge in [0.25, 0.3) is 5.91 Å². The van der Waals surface area contributed by atoms with Crippen molar-refractivity contribution < 1.29 is 34.8 Å². The molecule has 2 rings (SSSR count). The van der Waals surface area contributed by atoms with Gasteiger partial charge in [0.05, 0.1) is 12.1 Å². The lowest BCUT2D eigenvalue weighted by atomic mass is 9.99. The quantitative estimate of drug-likeness (QED) is 0.269. The van der Waals surface area contributed by atoms with Crippen LogP contribution in [0.4, 0.5) is 0 Å². The molecule has 0 saturated carbocycles. The molecule has 0 spiro atoms. The number of aromatic hydroxyl groups is 2. The highest BCUT2D eigenvalue weighted by Crippen LogP contribution is 2.40. The maximum Gasteiger partial charge on any atom is 0.326 e. The molecule has 0 aliphatic carbocycles. The minimum absolute atomic E-state index is 0.0322. The number of carbonyl (C=O) groups excluding carboxylic acids is 1. The van der Waals surface area contributed by atoms with Gasteiger partial charge in [-0.25, -0.2) is 4.79 Å². The van der Waals surface area contributed by atoms with Crippen molar-refractivity contribution in [2.75, 3.05) is 0 Å². The number of allylic oxidation sites excluding steroid dienone is 6. The summed E-state index contributed by atoms with van der Waals surface area (Å²) >= 11 is 0. The van der Waals surface area contributed by atoms with Crippen LogP contribution in [0.5, 0.6) is 11.5 Å². The number of amides is 1. The van der Waals surface area contributed by atoms with Crippen LogP contribution in [0.1, 0.15) is 87.7 Å². The summed E-state index contributed by atoms with van der Waals surface area (Å²) in [6.07, 6.45) is 9.76. The predicted octanol–water partition coefficient (Wildman–Crippen LogP) is 5.33. The Balaban J connectivity index is 2.10. The van der Waals surface area contributed by atoms with Crippen LogP contribution in [0.15, 0.2) is 41.0 Å². The number of fused-ring (bicyclic) bond motifs is 1. The fourth-order valence-electron chi connectivity index (χ4n) is 4.23. The highest BCUT2D eigenvalue weighted by atomic mass is 16.4. The van der Waals surface area contributed by atoms with Crippen LogP contribution in [-0.2, 0) is 22.6 Å². The predicted molar refractivity (Wildman–Crippen MR) is 137 cm³/mol. The van der Waals surface area contributed by atoms with Crippen LogP contribution in [0.2, 0.25) is 0 Å². The highest BCUT2D eigenvalue weighted by molar-refractivity contribution is 6.02. The first-order chi connectivity index (χ1) is 16.9. The van der Waals surface area contributed by atoms with Gasteiger partial charge in [-0.3, -0.25) is 9.59 Å². The van der Waals surface area contributed by atoms with Gasteiger partial charge in [-0.2, -0.15) is 0 Å². The lowest BCUT2D eigenvalue weighted by molar-refractivity contribution is -0.143. The van der Waals surface area contributed by atoms with Crippen molar-refractivity contribution in [3.63, 3.8) is 0 Å². The van der Waals surface area contributed by atoms with E-state index in [0.29, 0.717) is 0 Å². The Kier molecular flexibility index (Phi) is 10.3. The molecule has 0 radical (unpaired) electrons. The van der Waals surface area contributed by atoms with E-state index >= 15 is 0 Å². The van der Waals surface area contributed by atoms with Crippen molar-refractivity contribution in [1.82, 2.24) is 4.90 Å². The van der Waals surface area contributed by atoms with E-state index in [-0.39, 0.29) is 47.6 Å². The van der Waals surface area contributed by atoms with E-state index in [4.69, 9.17) is 5.11 Å². The molecule has 1 aromatic rings. The number of nitrogens with zero attached hydrogens (tertiary/aromatic N) is 1. The van der Waals surface area contributed by atoms with Crippen molar-refractivity contribution in [3.8, 4) is 11.5 Å². The molecule has 1 amide bonds. The van der Waals surface area contributed by atoms with Crippen molar-refractivity contribution in [2.24, 2.45) is 0 Å². The summed E-state index contributed by atoms with van der Waals surface area (Å²) in [7, 11) is 0. The van der Waals surface area contributed by atoms with Gasteiger partial charge in [-0.05, 0) is 72.3 Å². The maximum atomic E-state index is 12.8. The Morgan fingerprint density at radius 2 is 1.58 bits per heavy atom. The molecule has 4 N–H and O–H groups in total. The van der Waals surface area contributed by atoms with E-state index in [1.807, 2.05) is 13.0 Å². The molecule has 8 nitrogen and oxygen atoms in total. The standard InChI is InChI=1S/C28H37NO7/c1-17(2)7-5-8-18(3)9-6-10-19(4)11-12-20-24(30)15-21-22(26(20)33)16-29(27(21)34)23(28(35)36)13-14-25(31)32/h7,9,11,15,23,30,33H,5-6,8,10,12-14,16H2,1-4H3,(H,31,32)(H,35,36)/b18-9+,19-11-/t23-/m0/s1. The summed E-state index contributed by atoms with van der Waals surface area (Å²) in [4.78, 5) is 36.4. The van der Waals surface area contributed by atoms with Gasteiger partial charge >= 0.3 is 11.9 Å². The second-order valence-electron chi connectivity index (χ2n) is 9.63. The minimum Gasteiger partial charge on any atom is -0.507 e. The molecule has 0 saturated heterocycles. The number of aliphatic carboxylic acids is 2. The summed E-state index contributed by atoms with van der Waals surface area (Å²) in [6.45, 7) is 8.13. The zero-order chi connectivity index (χ0) is 27.0. The van der Waals surface area contributed by atoms with Crippen LogP contribution >= 0.6 is 0 Å². The van der Waals surface area contributed by atoms with Crippen molar-refractivity contribution in [3.05, 3.63) is 57.7 Å². The third kappa shape index (κ3) is 7.73. The van der Waals surface area contributed by atoms with Gasteiger partial charge in [0.1, 0.15) is 17.5 Å². The lowest BCUT2D eigenvalue weighted by Gasteiger charge is -2.23. The number of carboxylic acids is 2. The summed E-state index contributed by atoms with van der Waals surface area (Å²) < 4.78 is 0. The summed E-state index contributed by atoms with van der Waals surface area (Å²) in [5, 5.41) is 39.7. The molecule has 36 heavy (non-hydrogen) atoms. The van der Waals surface area contributed by atoms with Crippen LogP contribution in [-0.4, -0.2) is 49.2 Å². The zero-order valence-corrected chi connectivity index (χ0v) is 21.5. The second kappa shape index (κ2) is 13.0. The first kappa shape index (κ1) is 28.7. The summed E-state index contributed by atoms with van der Waals surface area (Å²) in [5.74, 6) is -3.61.